The number of rotatable bonds is 1. The van der Waals surface area contributed by atoms with Crippen molar-refractivity contribution in [2.75, 3.05) is 7.05 Å². The Kier molecular flexibility index (Phi) is 2.91. The molecule has 3 rings (SSSR count). The molecular weight excluding hydrogens is 224 g/mol. The molecule has 1 N–H and O–H groups in total. The molecule has 2 bridgehead atoms. The lowest BCUT2D eigenvalue weighted by atomic mass is 9.73. The zero-order chi connectivity index (χ0) is 12.8. The number of aryl methyl sites for hydroxylation is 1. The first kappa shape index (κ1) is 12.1. The number of nitrogens with zero attached hydrogens (tertiary/aromatic N) is 2. The van der Waals surface area contributed by atoms with Crippen LogP contribution in [0.15, 0.2) is 18.3 Å². The maximum Gasteiger partial charge on any atom is 0.0927 e. The molecule has 0 spiro atoms. The van der Waals surface area contributed by atoms with Crippen molar-refractivity contribution >= 4 is 0 Å². The van der Waals surface area contributed by atoms with Crippen LogP contribution in [-0.2, 0) is 5.60 Å². The minimum Gasteiger partial charge on any atom is -0.385 e. The molecule has 18 heavy (non-hydrogen) atoms. The van der Waals surface area contributed by atoms with Crippen LogP contribution in [0.25, 0.3) is 0 Å². The van der Waals surface area contributed by atoms with Crippen LogP contribution in [0.2, 0.25) is 0 Å². The van der Waals surface area contributed by atoms with Gasteiger partial charge in [0.05, 0.1) is 5.60 Å². The Morgan fingerprint density at radius 1 is 1.33 bits per heavy atom. The Bertz CT molecular complexity index is 432. The molecule has 0 radical (unpaired) electrons. The monoisotopic (exact) mass is 246 g/mol. The van der Waals surface area contributed by atoms with Gasteiger partial charge < -0.3 is 10.0 Å². The summed E-state index contributed by atoms with van der Waals surface area (Å²) in [7, 11) is 2.21. The van der Waals surface area contributed by atoms with E-state index in [1.807, 2.05) is 25.3 Å². The van der Waals surface area contributed by atoms with Crippen molar-refractivity contribution in [2.24, 2.45) is 0 Å². The van der Waals surface area contributed by atoms with E-state index < -0.39 is 5.60 Å². The van der Waals surface area contributed by atoms with Crippen LogP contribution < -0.4 is 0 Å². The van der Waals surface area contributed by atoms with Crippen LogP contribution in [0.5, 0.6) is 0 Å². The van der Waals surface area contributed by atoms with Crippen molar-refractivity contribution in [2.45, 2.75) is 56.7 Å². The van der Waals surface area contributed by atoms with Crippen molar-refractivity contribution in [3.05, 3.63) is 29.6 Å². The van der Waals surface area contributed by atoms with Crippen LogP contribution >= 0.6 is 0 Å². The molecule has 2 aliphatic heterocycles. The maximum absolute atomic E-state index is 11.0. The normalized spacial score (nSPS) is 36.6. The van der Waals surface area contributed by atoms with Gasteiger partial charge in [-0.1, -0.05) is 6.42 Å². The predicted molar refractivity (Wildman–Crippen MR) is 71.3 cm³/mol. The molecule has 0 aromatic carbocycles. The summed E-state index contributed by atoms with van der Waals surface area (Å²) in [5.41, 5.74) is 1.40. The van der Waals surface area contributed by atoms with Gasteiger partial charge in [-0.2, -0.15) is 0 Å². The van der Waals surface area contributed by atoms with Gasteiger partial charge in [0.25, 0.3) is 0 Å². The van der Waals surface area contributed by atoms with Crippen LogP contribution in [0.4, 0.5) is 0 Å². The molecule has 2 unspecified atom stereocenters. The van der Waals surface area contributed by atoms with E-state index in [9.17, 15) is 5.11 Å². The Hall–Kier alpha value is -0.930. The summed E-state index contributed by atoms with van der Waals surface area (Å²) >= 11 is 0. The van der Waals surface area contributed by atoms with Crippen molar-refractivity contribution in [3.8, 4) is 0 Å². The third kappa shape index (κ3) is 1.95. The Morgan fingerprint density at radius 3 is 2.61 bits per heavy atom. The topological polar surface area (TPSA) is 36.4 Å². The number of hydrogen-bond acceptors (Lipinski definition) is 3. The van der Waals surface area contributed by atoms with E-state index >= 15 is 0 Å². The Balaban J connectivity index is 1.92. The highest BCUT2D eigenvalue weighted by Gasteiger charge is 2.44. The van der Waals surface area contributed by atoms with E-state index in [-0.39, 0.29) is 0 Å². The molecule has 0 saturated carbocycles. The van der Waals surface area contributed by atoms with Gasteiger partial charge >= 0.3 is 0 Å². The lowest BCUT2D eigenvalue weighted by Crippen LogP contribution is -2.55. The van der Waals surface area contributed by atoms with Crippen LogP contribution in [0.3, 0.4) is 0 Å². The molecule has 3 nitrogen and oxygen atoms in total. The number of aromatic nitrogens is 1. The summed E-state index contributed by atoms with van der Waals surface area (Å²) in [6.07, 6.45) is 7.30. The fourth-order valence-corrected chi connectivity index (χ4v) is 3.72. The molecule has 1 aromatic heterocycles. The van der Waals surface area contributed by atoms with Crippen LogP contribution in [-0.4, -0.2) is 34.1 Å². The van der Waals surface area contributed by atoms with E-state index in [2.05, 4.69) is 16.9 Å². The smallest absolute Gasteiger partial charge is 0.0927 e. The van der Waals surface area contributed by atoms with Crippen molar-refractivity contribution in [3.63, 3.8) is 0 Å². The molecule has 2 saturated heterocycles. The summed E-state index contributed by atoms with van der Waals surface area (Å²) in [5, 5.41) is 11.0. The third-order valence-electron chi connectivity index (χ3n) is 4.81. The molecule has 2 fully saturated rings. The second kappa shape index (κ2) is 4.32. The number of fused-ring (bicyclic) bond motifs is 2. The minimum absolute atomic E-state index is 0.538. The van der Waals surface area contributed by atoms with Crippen molar-refractivity contribution < 1.29 is 5.11 Å². The van der Waals surface area contributed by atoms with Crippen molar-refractivity contribution in [1.29, 1.82) is 0 Å². The van der Waals surface area contributed by atoms with E-state index in [0.717, 1.165) is 24.1 Å². The van der Waals surface area contributed by atoms with Gasteiger partial charge in [0.15, 0.2) is 0 Å². The Morgan fingerprint density at radius 2 is 2.00 bits per heavy atom. The molecule has 2 aliphatic rings. The lowest BCUT2D eigenvalue weighted by Gasteiger charge is -2.50. The molecule has 0 amide bonds. The summed E-state index contributed by atoms with van der Waals surface area (Å²) in [6, 6.07) is 5.10. The van der Waals surface area contributed by atoms with E-state index in [4.69, 9.17) is 0 Å². The summed E-state index contributed by atoms with van der Waals surface area (Å²) in [5.74, 6) is 0. The summed E-state index contributed by atoms with van der Waals surface area (Å²) in [6.45, 7) is 1.99. The lowest BCUT2D eigenvalue weighted by molar-refractivity contribution is -0.0875. The SMILES string of the molecule is Cc1cc(C2(O)CC3CCCC(C2)N3C)ccn1. The quantitative estimate of drug-likeness (QED) is 0.825. The summed E-state index contributed by atoms with van der Waals surface area (Å²) < 4.78 is 0. The zero-order valence-corrected chi connectivity index (χ0v) is 11.3. The molecule has 3 heteroatoms. The van der Waals surface area contributed by atoms with Gasteiger partial charge in [-0.05, 0) is 57.4 Å². The van der Waals surface area contributed by atoms with E-state index in [0.29, 0.717) is 12.1 Å². The standard InChI is InChI=1S/C15H22N2O/c1-11-8-12(6-7-16-11)15(18)9-13-4-3-5-14(10-15)17(13)2/h6-8,13-14,18H,3-5,9-10H2,1-2H3. The highest BCUT2D eigenvalue weighted by atomic mass is 16.3. The molecule has 2 atom stereocenters. The van der Waals surface area contributed by atoms with Crippen LogP contribution in [0, 0.1) is 6.92 Å². The van der Waals surface area contributed by atoms with Gasteiger partial charge in [-0.3, -0.25) is 4.98 Å². The average Bonchev–Trinajstić information content (AvgIpc) is 2.31. The highest BCUT2D eigenvalue weighted by Crippen LogP contribution is 2.43. The first-order valence-electron chi connectivity index (χ1n) is 6.96. The van der Waals surface area contributed by atoms with Gasteiger partial charge in [0.2, 0.25) is 0 Å². The first-order chi connectivity index (χ1) is 8.58. The number of hydrogen-bond donors (Lipinski definition) is 1. The predicted octanol–water partition coefficient (Wildman–Crippen LogP) is 2.22. The number of pyridine rings is 1. The highest BCUT2D eigenvalue weighted by molar-refractivity contribution is 5.25. The second-order valence-corrected chi connectivity index (χ2v) is 6.03. The van der Waals surface area contributed by atoms with E-state index in [1.165, 1.54) is 19.3 Å². The van der Waals surface area contributed by atoms with E-state index in [1.54, 1.807) is 0 Å². The van der Waals surface area contributed by atoms with Gasteiger partial charge in [0.1, 0.15) is 0 Å². The molecule has 98 valence electrons. The van der Waals surface area contributed by atoms with Crippen LogP contribution in [0.1, 0.15) is 43.4 Å². The first-order valence-corrected chi connectivity index (χ1v) is 6.96. The molecule has 1 aromatic rings. The molecule has 3 heterocycles. The maximum atomic E-state index is 11.0. The van der Waals surface area contributed by atoms with Gasteiger partial charge in [0, 0.05) is 24.0 Å². The Labute approximate surface area is 109 Å². The fraction of sp³-hybridized carbons (Fsp3) is 0.667. The zero-order valence-electron chi connectivity index (χ0n) is 11.3. The fourth-order valence-electron chi connectivity index (χ4n) is 3.72. The minimum atomic E-state index is -0.643. The molecular formula is C15H22N2O. The van der Waals surface area contributed by atoms with Crippen molar-refractivity contribution in [1.82, 2.24) is 9.88 Å². The second-order valence-electron chi connectivity index (χ2n) is 6.03. The number of piperidine rings is 2. The number of aliphatic hydroxyl groups is 1. The van der Waals surface area contributed by atoms with Gasteiger partial charge in [-0.15, -0.1) is 0 Å². The van der Waals surface area contributed by atoms with Gasteiger partial charge in [-0.25, -0.2) is 0 Å². The largest absolute Gasteiger partial charge is 0.385 e. The molecule has 0 aliphatic carbocycles. The average molecular weight is 246 g/mol. The third-order valence-corrected chi connectivity index (χ3v) is 4.81. The summed E-state index contributed by atoms with van der Waals surface area (Å²) in [4.78, 5) is 6.71.